The Hall–Kier alpha value is -2.05. The number of aryl methyl sites for hydroxylation is 1. The number of likely N-dealkylation sites (tertiary alicyclic amines) is 1. The molecule has 0 atom stereocenters. The second-order valence-corrected chi connectivity index (χ2v) is 10.7. The fourth-order valence-electron chi connectivity index (χ4n) is 5.12. The number of halogens is 1. The maximum Gasteiger partial charge on any atom is 0.253 e. The van der Waals surface area contributed by atoms with Gasteiger partial charge in [-0.2, -0.15) is 0 Å². The van der Waals surface area contributed by atoms with Crippen molar-refractivity contribution in [3.63, 3.8) is 0 Å². The van der Waals surface area contributed by atoms with Crippen molar-refractivity contribution in [2.45, 2.75) is 53.0 Å². The molecule has 176 valence electrons. The molecule has 1 aliphatic carbocycles. The lowest BCUT2D eigenvalue weighted by molar-refractivity contribution is -0.133. The fourth-order valence-corrected chi connectivity index (χ4v) is 5.29. The van der Waals surface area contributed by atoms with E-state index >= 15 is 0 Å². The predicted octanol–water partition coefficient (Wildman–Crippen LogP) is 4.21. The number of fused-ring (bicyclic) bond motifs is 1. The molecule has 2 aromatic rings. The molecule has 6 nitrogen and oxygen atoms in total. The van der Waals surface area contributed by atoms with Crippen molar-refractivity contribution < 1.29 is 9.59 Å². The first-order valence-corrected chi connectivity index (χ1v) is 12.0. The second-order valence-electron chi connectivity index (χ2n) is 10.2. The number of hydrogen-bond acceptors (Lipinski definition) is 3. The van der Waals surface area contributed by atoms with Gasteiger partial charge in [0.05, 0.1) is 12.1 Å². The highest BCUT2D eigenvalue weighted by atomic mass is 35.5. The van der Waals surface area contributed by atoms with Crippen LogP contribution in [0.2, 0.25) is 5.02 Å². The highest BCUT2D eigenvalue weighted by Crippen LogP contribution is 2.51. The molecule has 0 bridgehead atoms. The van der Waals surface area contributed by atoms with Gasteiger partial charge in [-0.1, -0.05) is 25.4 Å². The Morgan fingerprint density at radius 2 is 1.84 bits per heavy atom. The smallest absolute Gasteiger partial charge is 0.253 e. The van der Waals surface area contributed by atoms with E-state index in [1.165, 1.54) is 0 Å². The van der Waals surface area contributed by atoms with Gasteiger partial charge in [0.1, 0.15) is 0 Å². The molecule has 1 aromatic carbocycles. The summed E-state index contributed by atoms with van der Waals surface area (Å²) in [7, 11) is 1.94. The maximum atomic E-state index is 12.7. The zero-order valence-electron chi connectivity index (χ0n) is 20.2. The summed E-state index contributed by atoms with van der Waals surface area (Å²) in [6, 6.07) is 5.63. The third kappa shape index (κ3) is 5.46. The Kier molecular flexibility index (Phi) is 7.25. The van der Waals surface area contributed by atoms with Crippen LogP contribution in [-0.4, -0.2) is 53.0 Å². The molecule has 7 heteroatoms. The van der Waals surface area contributed by atoms with E-state index in [1.54, 1.807) is 0 Å². The average molecular weight is 461 g/mol. The van der Waals surface area contributed by atoms with Crippen LogP contribution in [-0.2, 0) is 11.8 Å². The minimum atomic E-state index is -0.186. The number of carbonyl (C=O) groups excluding carboxylic acids is 2. The predicted molar refractivity (Wildman–Crippen MR) is 131 cm³/mol. The van der Waals surface area contributed by atoms with Crippen molar-refractivity contribution in [3.8, 4) is 0 Å². The van der Waals surface area contributed by atoms with Crippen LogP contribution in [0.3, 0.4) is 0 Å². The number of carbonyl (C=O) groups is 2. The van der Waals surface area contributed by atoms with Crippen LogP contribution in [0.15, 0.2) is 24.4 Å². The molecule has 2 fully saturated rings. The maximum absolute atomic E-state index is 12.7. The van der Waals surface area contributed by atoms with Gasteiger partial charge in [0.2, 0.25) is 5.91 Å². The fraction of sp³-hybridized carbons (Fsp3) is 0.600. The topological polar surface area (TPSA) is 66.4 Å². The molecular weight excluding hydrogens is 424 g/mol. The lowest BCUT2D eigenvalue weighted by atomic mass is 9.57. The normalized spacial score (nSPS) is 17.8. The van der Waals surface area contributed by atoms with E-state index in [-0.39, 0.29) is 17.4 Å². The molecule has 2 amide bonds. The molecule has 4 rings (SSSR count). The quantitative estimate of drug-likeness (QED) is 0.702. The van der Waals surface area contributed by atoms with Crippen LogP contribution in [0.5, 0.6) is 0 Å². The van der Waals surface area contributed by atoms with Crippen molar-refractivity contribution in [3.05, 3.63) is 35.0 Å². The van der Waals surface area contributed by atoms with Crippen molar-refractivity contribution in [1.29, 1.82) is 0 Å². The summed E-state index contributed by atoms with van der Waals surface area (Å²) in [4.78, 5) is 27.0. The largest absolute Gasteiger partial charge is 0.352 e. The molecule has 1 saturated carbocycles. The summed E-state index contributed by atoms with van der Waals surface area (Å²) >= 11 is 6.12. The van der Waals surface area contributed by atoms with E-state index in [9.17, 15) is 9.59 Å². The minimum absolute atomic E-state index is 0.0436. The Morgan fingerprint density at radius 1 is 1.19 bits per heavy atom. The summed E-state index contributed by atoms with van der Waals surface area (Å²) in [6.07, 6.45) is 4.10. The summed E-state index contributed by atoms with van der Waals surface area (Å²) in [6.45, 7) is 13.1. The Bertz CT molecular complexity index is 978. The highest BCUT2D eigenvalue weighted by molar-refractivity contribution is 6.31. The van der Waals surface area contributed by atoms with Gasteiger partial charge in [0.15, 0.2) is 0 Å². The van der Waals surface area contributed by atoms with E-state index in [2.05, 4.69) is 15.5 Å². The van der Waals surface area contributed by atoms with Gasteiger partial charge in [-0.3, -0.25) is 14.5 Å². The van der Waals surface area contributed by atoms with Crippen molar-refractivity contribution in [2.75, 3.05) is 26.2 Å². The van der Waals surface area contributed by atoms with E-state index in [4.69, 9.17) is 11.6 Å². The number of amides is 2. The van der Waals surface area contributed by atoms with Gasteiger partial charge in [-0.05, 0) is 63.1 Å². The van der Waals surface area contributed by atoms with Gasteiger partial charge < -0.3 is 15.2 Å². The molecule has 2 aliphatic rings. The minimum Gasteiger partial charge on any atom is -0.352 e. The third-order valence-electron chi connectivity index (χ3n) is 6.19. The lowest BCUT2D eigenvalue weighted by Crippen LogP contribution is -2.64. The van der Waals surface area contributed by atoms with Crippen LogP contribution in [0, 0.1) is 11.3 Å². The van der Waals surface area contributed by atoms with E-state index in [0.29, 0.717) is 35.0 Å². The Labute approximate surface area is 196 Å². The van der Waals surface area contributed by atoms with Crippen LogP contribution >= 0.6 is 11.6 Å². The SMILES string of the molecule is CC.Cn1cc(C(=O)NCC2CC3(C2)CN(CC(=O)NC(C)(C)C)C3)c2cc(Cl)ccc21. The van der Waals surface area contributed by atoms with Gasteiger partial charge in [0, 0.05) is 54.3 Å². The van der Waals surface area contributed by atoms with Gasteiger partial charge in [-0.25, -0.2) is 0 Å². The molecular formula is C25H37ClN4O2. The van der Waals surface area contributed by atoms with Crippen molar-refractivity contribution in [1.82, 2.24) is 20.1 Å². The zero-order valence-corrected chi connectivity index (χ0v) is 21.0. The number of nitrogens with one attached hydrogen (secondary N) is 2. The number of benzene rings is 1. The lowest BCUT2D eigenvalue weighted by Gasteiger charge is -2.59. The first-order valence-electron chi connectivity index (χ1n) is 11.6. The summed E-state index contributed by atoms with van der Waals surface area (Å²) in [5.41, 5.74) is 1.83. The van der Waals surface area contributed by atoms with Gasteiger partial charge >= 0.3 is 0 Å². The molecule has 1 spiro atoms. The standard InChI is InChI=1S/C23H31ClN4O2.C2H6/c1-22(2,3)26-20(29)12-28-13-23(14-28)8-15(9-23)10-25-21(30)18-11-27(4)19-6-5-16(24)7-17(18)19;1-2/h5-7,11,15H,8-10,12-14H2,1-4H3,(H,25,30)(H,26,29);1-2H3. The van der Waals surface area contributed by atoms with Crippen LogP contribution in [0.4, 0.5) is 0 Å². The van der Waals surface area contributed by atoms with E-state index in [0.717, 1.165) is 36.8 Å². The Morgan fingerprint density at radius 3 is 2.47 bits per heavy atom. The number of nitrogens with zero attached hydrogens (tertiary/aromatic N) is 2. The second kappa shape index (κ2) is 9.44. The summed E-state index contributed by atoms with van der Waals surface area (Å²) < 4.78 is 1.96. The van der Waals surface area contributed by atoms with Crippen LogP contribution in [0.25, 0.3) is 10.9 Å². The third-order valence-corrected chi connectivity index (χ3v) is 6.43. The number of aromatic nitrogens is 1. The van der Waals surface area contributed by atoms with Crippen LogP contribution < -0.4 is 10.6 Å². The first kappa shape index (κ1) is 24.6. The molecule has 2 N–H and O–H groups in total. The van der Waals surface area contributed by atoms with Gasteiger partial charge in [-0.15, -0.1) is 0 Å². The molecule has 0 unspecified atom stereocenters. The molecule has 1 saturated heterocycles. The van der Waals surface area contributed by atoms with Crippen molar-refractivity contribution >= 4 is 34.3 Å². The average Bonchev–Trinajstić information content (AvgIpc) is 2.97. The van der Waals surface area contributed by atoms with E-state index in [1.807, 2.05) is 70.6 Å². The van der Waals surface area contributed by atoms with Gasteiger partial charge in [0.25, 0.3) is 5.91 Å². The van der Waals surface area contributed by atoms with E-state index < -0.39 is 0 Å². The monoisotopic (exact) mass is 460 g/mol. The summed E-state index contributed by atoms with van der Waals surface area (Å²) in [5, 5.41) is 7.65. The number of rotatable bonds is 5. The molecule has 0 radical (unpaired) electrons. The van der Waals surface area contributed by atoms with Crippen LogP contribution in [0.1, 0.15) is 57.8 Å². The number of hydrogen-bond donors (Lipinski definition) is 2. The molecule has 32 heavy (non-hydrogen) atoms. The molecule has 2 heterocycles. The zero-order chi connectivity index (χ0) is 23.7. The van der Waals surface area contributed by atoms with Crippen molar-refractivity contribution in [2.24, 2.45) is 18.4 Å². The molecule has 1 aliphatic heterocycles. The first-order chi connectivity index (χ1) is 15.0. The Balaban J connectivity index is 0.00000141. The summed E-state index contributed by atoms with van der Waals surface area (Å²) in [5.74, 6) is 0.562. The highest BCUT2D eigenvalue weighted by Gasteiger charge is 2.52. The molecule has 1 aromatic heterocycles.